The summed E-state index contributed by atoms with van der Waals surface area (Å²) < 4.78 is 7.75. The molecular formula is C18H24ClN5O3. The first-order valence-electron chi connectivity index (χ1n) is 9.06. The Kier molecular flexibility index (Phi) is 6.52. The molecule has 1 fully saturated rings. The molecule has 0 saturated heterocycles. The molecule has 2 heterocycles. The molecule has 0 atom stereocenters. The van der Waals surface area contributed by atoms with E-state index in [9.17, 15) is 4.79 Å². The minimum absolute atomic E-state index is 0.0170. The summed E-state index contributed by atoms with van der Waals surface area (Å²) in [7, 11) is 1.71. The van der Waals surface area contributed by atoms with Crippen molar-refractivity contribution in [3.05, 3.63) is 34.7 Å². The van der Waals surface area contributed by atoms with Gasteiger partial charge in [0.2, 0.25) is 0 Å². The zero-order valence-corrected chi connectivity index (χ0v) is 16.0. The second kappa shape index (κ2) is 9.05. The number of amides is 1. The summed E-state index contributed by atoms with van der Waals surface area (Å²) in [5.41, 5.74) is 1.11. The molecule has 9 heteroatoms. The number of ether oxygens (including phenoxy) is 1. The van der Waals surface area contributed by atoms with Gasteiger partial charge >= 0.3 is 0 Å². The van der Waals surface area contributed by atoms with Crippen LogP contribution in [0.3, 0.4) is 0 Å². The molecule has 3 rings (SSSR count). The van der Waals surface area contributed by atoms with Crippen LogP contribution >= 0.6 is 11.6 Å². The molecule has 27 heavy (non-hydrogen) atoms. The number of nitrogens with one attached hydrogen (secondary N) is 2. The van der Waals surface area contributed by atoms with Crippen LogP contribution in [-0.4, -0.2) is 51.9 Å². The SMILES string of the molecule is CNc1nc(OC2CCC2)n(Cc2ccc(Cl)cn2)c1C(=O)NCCCO. The number of anilines is 1. The molecule has 0 aromatic carbocycles. The van der Waals surface area contributed by atoms with Crippen molar-refractivity contribution >= 4 is 23.3 Å². The Hall–Kier alpha value is -2.32. The molecule has 0 aliphatic heterocycles. The largest absolute Gasteiger partial charge is 0.461 e. The van der Waals surface area contributed by atoms with Crippen molar-refractivity contribution in [3.63, 3.8) is 0 Å². The molecular weight excluding hydrogens is 370 g/mol. The molecule has 1 saturated carbocycles. The standard InChI is InChI=1S/C18H24ClN5O3/c1-20-16-15(17(26)21-8-3-9-25)24(11-13-7-6-12(19)10-22-13)18(23-16)27-14-4-2-5-14/h6-7,10,14,20,25H,2-5,8-9,11H2,1H3,(H,21,26). The molecule has 0 unspecified atom stereocenters. The van der Waals surface area contributed by atoms with Gasteiger partial charge in [0, 0.05) is 26.4 Å². The number of hydrogen-bond acceptors (Lipinski definition) is 6. The van der Waals surface area contributed by atoms with Crippen LogP contribution in [-0.2, 0) is 6.54 Å². The minimum atomic E-state index is -0.280. The van der Waals surface area contributed by atoms with Crippen molar-refractivity contribution in [1.29, 1.82) is 0 Å². The number of aliphatic hydroxyl groups excluding tert-OH is 1. The van der Waals surface area contributed by atoms with E-state index in [4.69, 9.17) is 21.4 Å². The van der Waals surface area contributed by atoms with Crippen LogP contribution in [0.2, 0.25) is 5.02 Å². The highest BCUT2D eigenvalue weighted by molar-refractivity contribution is 6.30. The third-order valence-corrected chi connectivity index (χ3v) is 4.66. The van der Waals surface area contributed by atoms with Crippen LogP contribution in [0.25, 0.3) is 0 Å². The first kappa shape index (κ1) is 19.4. The van der Waals surface area contributed by atoms with E-state index in [0.29, 0.717) is 42.1 Å². The van der Waals surface area contributed by atoms with Gasteiger partial charge in [-0.15, -0.1) is 0 Å². The number of carbonyl (C=O) groups is 1. The smallest absolute Gasteiger partial charge is 0.299 e. The van der Waals surface area contributed by atoms with Crippen LogP contribution in [0.5, 0.6) is 6.01 Å². The van der Waals surface area contributed by atoms with Gasteiger partial charge in [-0.25, -0.2) is 0 Å². The second-order valence-corrected chi connectivity index (χ2v) is 6.84. The van der Waals surface area contributed by atoms with Crippen LogP contribution < -0.4 is 15.4 Å². The summed E-state index contributed by atoms with van der Waals surface area (Å²) in [6.45, 7) is 0.724. The van der Waals surface area contributed by atoms with E-state index in [1.807, 2.05) is 6.07 Å². The van der Waals surface area contributed by atoms with E-state index >= 15 is 0 Å². The van der Waals surface area contributed by atoms with Crippen molar-refractivity contribution in [2.24, 2.45) is 0 Å². The maximum Gasteiger partial charge on any atom is 0.299 e. The molecule has 0 spiro atoms. The summed E-state index contributed by atoms with van der Waals surface area (Å²) >= 11 is 5.92. The number of hydrogen-bond donors (Lipinski definition) is 3. The number of rotatable bonds is 9. The molecule has 8 nitrogen and oxygen atoms in total. The van der Waals surface area contributed by atoms with Gasteiger partial charge in [-0.05, 0) is 37.8 Å². The molecule has 1 aliphatic carbocycles. The van der Waals surface area contributed by atoms with Crippen molar-refractivity contribution < 1.29 is 14.6 Å². The Morgan fingerprint density at radius 3 is 2.85 bits per heavy atom. The topological polar surface area (TPSA) is 101 Å². The lowest BCUT2D eigenvalue weighted by molar-refractivity contribution is 0.0922. The van der Waals surface area contributed by atoms with Crippen LogP contribution in [0.1, 0.15) is 41.9 Å². The zero-order chi connectivity index (χ0) is 19.2. The maximum atomic E-state index is 12.8. The first-order chi connectivity index (χ1) is 13.1. The first-order valence-corrected chi connectivity index (χ1v) is 9.44. The number of nitrogens with zero attached hydrogens (tertiary/aromatic N) is 3. The quantitative estimate of drug-likeness (QED) is 0.564. The van der Waals surface area contributed by atoms with Crippen molar-refractivity contribution in [1.82, 2.24) is 19.9 Å². The van der Waals surface area contributed by atoms with Gasteiger partial charge in [-0.3, -0.25) is 14.3 Å². The summed E-state index contributed by atoms with van der Waals surface area (Å²) in [4.78, 5) is 21.6. The normalized spacial score (nSPS) is 13.9. The minimum Gasteiger partial charge on any atom is -0.461 e. The van der Waals surface area contributed by atoms with Gasteiger partial charge in [-0.2, -0.15) is 4.98 Å². The number of aliphatic hydroxyl groups is 1. The number of pyridine rings is 1. The lowest BCUT2D eigenvalue weighted by Crippen LogP contribution is -2.29. The zero-order valence-electron chi connectivity index (χ0n) is 15.2. The van der Waals surface area contributed by atoms with Crippen LogP contribution in [0.15, 0.2) is 18.3 Å². The van der Waals surface area contributed by atoms with E-state index in [-0.39, 0.29) is 18.6 Å². The predicted octanol–water partition coefficient (Wildman–Crippen LogP) is 2.06. The van der Waals surface area contributed by atoms with Crippen molar-refractivity contribution in [2.75, 3.05) is 25.5 Å². The van der Waals surface area contributed by atoms with Crippen LogP contribution in [0, 0.1) is 0 Å². The monoisotopic (exact) mass is 393 g/mol. The van der Waals surface area contributed by atoms with Gasteiger partial charge < -0.3 is 20.5 Å². The summed E-state index contributed by atoms with van der Waals surface area (Å²) in [6, 6.07) is 3.96. The molecule has 1 aliphatic rings. The molecule has 2 aromatic heterocycles. The highest BCUT2D eigenvalue weighted by Crippen LogP contribution is 2.29. The Bertz CT molecular complexity index is 774. The third-order valence-electron chi connectivity index (χ3n) is 4.44. The number of imidazole rings is 1. The van der Waals surface area contributed by atoms with Gasteiger partial charge in [0.05, 0.1) is 17.3 Å². The summed E-state index contributed by atoms with van der Waals surface area (Å²) in [5.74, 6) is 0.164. The van der Waals surface area contributed by atoms with E-state index in [1.54, 1.807) is 23.9 Å². The lowest BCUT2D eigenvalue weighted by atomic mass is 9.96. The van der Waals surface area contributed by atoms with Gasteiger partial charge in [-0.1, -0.05) is 11.6 Å². The highest BCUT2D eigenvalue weighted by Gasteiger charge is 2.27. The Morgan fingerprint density at radius 1 is 1.44 bits per heavy atom. The Labute approximate surface area is 162 Å². The average Bonchev–Trinajstić information content (AvgIpc) is 2.97. The maximum absolute atomic E-state index is 12.8. The Morgan fingerprint density at radius 2 is 2.26 bits per heavy atom. The molecule has 146 valence electrons. The lowest BCUT2D eigenvalue weighted by Gasteiger charge is -2.26. The number of halogens is 1. The van der Waals surface area contributed by atoms with E-state index in [2.05, 4.69) is 20.6 Å². The highest BCUT2D eigenvalue weighted by atomic mass is 35.5. The van der Waals surface area contributed by atoms with E-state index in [1.165, 1.54) is 0 Å². The van der Waals surface area contributed by atoms with Gasteiger partial charge in [0.15, 0.2) is 11.5 Å². The number of carbonyl (C=O) groups excluding carboxylic acids is 1. The van der Waals surface area contributed by atoms with Gasteiger partial charge in [0.1, 0.15) is 6.10 Å². The van der Waals surface area contributed by atoms with Crippen molar-refractivity contribution in [2.45, 2.75) is 38.3 Å². The predicted molar refractivity (Wildman–Crippen MR) is 102 cm³/mol. The fourth-order valence-electron chi connectivity index (χ4n) is 2.74. The average molecular weight is 394 g/mol. The second-order valence-electron chi connectivity index (χ2n) is 6.40. The fourth-order valence-corrected chi connectivity index (χ4v) is 2.85. The molecule has 0 bridgehead atoms. The Balaban J connectivity index is 1.92. The van der Waals surface area contributed by atoms with Crippen LogP contribution in [0.4, 0.5) is 5.82 Å². The van der Waals surface area contributed by atoms with Gasteiger partial charge in [0.25, 0.3) is 11.9 Å². The number of aromatic nitrogens is 3. The summed E-state index contributed by atoms with van der Waals surface area (Å²) in [5, 5.41) is 15.3. The van der Waals surface area contributed by atoms with E-state index in [0.717, 1.165) is 25.0 Å². The molecule has 2 aromatic rings. The third kappa shape index (κ3) is 4.70. The molecule has 1 amide bonds. The fraction of sp³-hybridized carbons (Fsp3) is 0.500. The van der Waals surface area contributed by atoms with E-state index < -0.39 is 0 Å². The molecule has 3 N–H and O–H groups in total. The van der Waals surface area contributed by atoms with Crippen molar-refractivity contribution in [3.8, 4) is 6.01 Å². The molecule has 0 radical (unpaired) electrons. The summed E-state index contributed by atoms with van der Waals surface area (Å²) in [6.07, 6.45) is 5.29.